The van der Waals surface area contributed by atoms with Crippen molar-refractivity contribution >= 4 is 5.91 Å². The van der Waals surface area contributed by atoms with Gasteiger partial charge < -0.3 is 4.90 Å². The molecule has 0 saturated heterocycles. The fraction of sp³-hybridized carbons (Fsp3) is 0.300. The Bertz CT molecular complexity index is 483. The molecule has 2 aromatic rings. The van der Waals surface area contributed by atoms with Crippen LogP contribution < -0.4 is 0 Å². The predicted molar refractivity (Wildman–Crippen MR) is 58.9 cm³/mol. The minimum atomic E-state index is -0.249. The number of aromatic amines is 1. The zero-order chi connectivity index (χ0) is 12.3. The Morgan fingerprint density at radius 2 is 2.35 bits per heavy atom. The van der Waals surface area contributed by atoms with Crippen LogP contribution in [0.3, 0.4) is 0 Å². The number of pyridine rings is 1. The van der Waals surface area contributed by atoms with Crippen LogP contribution in [0.25, 0.3) is 0 Å². The van der Waals surface area contributed by atoms with E-state index in [2.05, 4.69) is 25.6 Å². The lowest BCUT2D eigenvalue weighted by molar-refractivity contribution is 0.0736. The number of H-pyrrole nitrogens is 1. The molecule has 0 aliphatic heterocycles. The summed E-state index contributed by atoms with van der Waals surface area (Å²) in [7, 11) is 1.69. The lowest BCUT2D eigenvalue weighted by atomic mass is 10.2. The number of tetrazole rings is 1. The monoisotopic (exact) mass is 232 g/mol. The van der Waals surface area contributed by atoms with Gasteiger partial charge in [-0.05, 0) is 19.1 Å². The average Bonchev–Trinajstić information content (AvgIpc) is 2.91. The van der Waals surface area contributed by atoms with Crippen molar-refractivity contribution in [3.05, 3.63) is 35.9 Å². The summed E-state index contributed by atoms with van der Waals surface area (Å²) in [6.07, 6.45) is 3.15. The van der Waals surface area contributed by atoms with Crippen molar-refractivity contribution in [2.45, 2.75) is 13.0 Å². The molecule has 0 bridgehead atoms. The number of aromatic nitrogens is 5. The number of hydrogen-bond donors (Lipinski definition) is 1. The van der Waals surface area contributed by atoms with E-state index in [0.29, 0.717) is 11.4 Å². The maximum Gasteiger partial charge on any atom is 0.255 e. The third-order valence-electron chi connectivity index (χ3n) is 2.55. The second-order valence-electron chi connectivity index (χ2n) is 3.60. The van der Waals surface area contributed by atoms with E-state index in [1.54, 1.807) is 30.3 Å². The van der Waals surface area contributed by atoms with E-state index in [-0.39, 0.29) is 11.9 Å². The Labute approximate surface area is 97.9 Å². The fourth-order valence-electron chi connectivity index (χ4n) is 1.39. The van der Waals surface area contributed by atoms with Crippen molar-refractivity contribution in [2.75, 3.05) is 7.05 Å². The predicted octanol–water partition coefficient (Wildman–Crippen LogP) is 0.428. The van der Waals surface area contributed by atoms with E-state index in [0.717, 1.165) is 0 Å². The summed E-state index contributed by atoms with van der Waals surface area (Å²) in [6, 6.07) is 3.19. The molecule has 0 fully saturated rings. The molecule has 0 aliphatic carbocycles. The molecule has 7 heteroatoms. The highest BCUT2D eigenvalue weighted by molar-refractivity contribution is 5.93. The number of carbonyl (C=O) groups excluding carboxylic acids is 1. The summed E-state index contributed by atoms with van der Waals surface area (Å²) in [5, 5.41) is 13.5. The van der Waals surface area contributed by atoms with E-state index in [1.807, 2.05) is 6.92 Å². The zero-order valence-corrected chi connectivity index (χ0v) is 9.53. The van der Waals surface area contributed by atoms with Crippen LogP contribution in [0.4, 0.5) is 0 Å². The second kappa shape index (κ2) is 4.69. The fourth-order valence-corrected chi connectivity index (χ4v) is 1.39. The highest BCUT2D eigenvalue weighted by atomic mass is 16.2. The lowest BCUT2D eigenvalue weighted by Gasteiger charge is -2.22. The van der Waals surface area contributed by atoms with Crippen LogP contribution in [0.5, 0.6) is 0 Å². The van der Waals surface area contributed by atoms with Gasteiger partial charge in [-0.3, -0.25) is 9.78 Å². The van der Waals surface area contributed by atoms with Crippen LogP contribution in [-0.4, -0.2) is 43.5 Å². The van der Waals surface area contributed by atoms with Crippen molar-refractivity contribution in [1.29, 1.82) is 0 Å². The molecule has 0 aromatic carbocycles. The number of hydrogen-bond acceptors (Lipinski definition) is 5. The highest BCUT2D eigenvalue weighted by Crippen LogP contribution is 2.15. The smallest absolute Gasteiger partial charge is 0.255 e. The Balaban J connectivity index is 2.16. The molecule has 1 atom stereocenters. The van der Waals surface area contributed by atoms with Gasteiger partial charge in [0.05, 0.1) is 11.6 Å². The summed E-state index contributed by atoms with van der Waals surface area (Å²) >= 11 is 0. The topological polar surface area (TPSA) is 87.7 Å². The standard InChI is InChI=1S/C10H12N6O/c1-7(9-12-14-15-13-9)16(2)10(17)8-4-3-5-11-6-8/h3-7H,1-2H3,(H,12,13,14,15). The molecular formula is C10H12N6O. The van der Waals surface area contributed by atoms with Crippen LogP contribution in [-0.2, 0) is 0 Å². The summed E-state index contributed by atoms with van der Waals surface area (Å²) in [6.45, 7) is 1.83. The van der Waals surface area contributed by atoms with Gasteiger partial charge in [0.2, 0.25) is 0 Å². The van der Waals surface area contributed by atoms with Gasteiger partial charge >= 0.3 is 0 Å². The summed E-state index contributed by atoms with van der Waals surface area (Å²) in [4.78, 5) is 17.5. The molecule has 1 N–H and O–H groups in total. The van der Waals surface area contributed by atoms with Gasteiger partial charge in [-0.15, -0.1) is 10.2 Å². The van der Waals surface area contributed by atoms with Crippen molar-refractivity contribution < 1.29 is 4.79 Å². The summed E-state index contributed by atoms with van der Waals surface area (Å²) in [5.41, 5.74) is 0.533. The van der Waals surface area contributed by atoms with Crippen molar-refractivity contribution in [3.63, 3.8) is 0 Å². The SMILES string of the molecule is CC(c1nn[nH]n1)N(C)C(=O)c1cccnc1. The third-order valence-corrected chi connectivity index (χ3v) is 2.55. The molecule has 0 aliphatic rings. The number of nitrogens with one attached hydrogen (secondary N) is 1. The minimum Gasteiger partial charge on any atom is -0.332 e. The number of amides is 1. The van der Waals surface area contributed by atoms with Gasteiger partial charge in [-0.1, -0.05) is 5.21 Å². The molecule has 2 heterocycles. The van der Waals surface area contributed by atoms with Gasteiger partial charge in [0.1, 0.15) is 0 Å². The Hall–Kier alpha value is -2.31. The molecule has 7 nitrogen and oxygen atoms in total. The van der Waals surface area contributed by atoms with Gasteiger partial charge in [-0.2, -0.15) is 5.21 Å². The third kappa shape index (κ3) is 2.27. The zero-order valence-electron chi connectivity index (χ0n) is 9.53. The van der Waals surface area contributed by atoms with Crippen molar-refractivity contribution in [1.82, 2.24) is 30.5 Å². The Morgan fingerprint density at radius 1 is 1.53 bits per heavy atom. The van der Waals surface area contributed by atoms with Crippen molar-refractivity contribution in [2.24, 2.45) is 0 Å². The van der Waals surface area contributed by atoms with E-state index in [4.69, 9.17) is 0 Å². The first kappa shape index (κ1) is 11.2. The van der Waals surface area contributed by atoms with Crippen LogP contribution in [0.15, 0.2) is 24.5 Å². The highest BCUT2D eigenvalue weighted by Gasteiger charge is 2.21. The van der Waals surface area contributed by atoms with Gasteiger partial charge in [0, 0.05) is 19.4 Å². The normalized spacial score (nSPS) is 12.1. The number of carbonyl (C=O) groups is 1. The quantitative estimate of drug-likeness (QED) is 0.829. The molecule has 0 spiro atoms. The maximum absolute atomic E-state index is 12.1. The molecule has 1 unspecified atom stereocenters. The van der Waals surface area contributed by atoms with Crippen LogP contribution in [0.1, 0.15) is 29.1 Å². The lowest BCUT2D eigenvalue weighted by Crippen LogP contribution is -2.30. The number of nitrogens with zero attached hydrogens (tertiary/aromatic N) is 5. The summed E-state index contributed by atoms with van der Waals surface area (Å²) < 4.78 is 0. The van der Waals surface area contributed by atoms with E-state index < -0.39 is 0 Å². The summed E-state index contributed by atoms with van der Waals surface area (Å²) in [5.74, 6) is 0.347. The Morgan fingerprint density at radius 3 is 2.94 bits per heavy atom. The molecular weight excluding hydrogens is 220 g/mol. The van der Waals surface area contributed by atoms with Crippen LogP contribution >= 0.6 is 0 Å². The first-order valence-corrected chi connectivity index (χ1v) is 5.10. The molecule has 1 amide bonds. The second-order valence-corrected chi connectivity index (χ2v) is 3.60. The minimum absolute atomic E-state index is 0.129. The molecule has 2 rings (SSSR count). The average molecular weight is 232 g/mol. The number of rotatable bonds is 3. The molecule has 0 radical (unpaired) electrons. The van der Waals surface area contributed by atoms with Gasteiger partial charge in [0.15, 0.2) is 5.82 Å². The van der Waals surface area contributed by atoms with Gasteiger partial charge in [0.25, 0.3) is 5.91 Å². The van der Waals surface area contributed by atoms with Crippen LogP contribution in [0.2, 0.25) is 0 Å². The van der Waals surface area contributed by atoms with Crippen molar-refractivity contribution in [3.8, 4) is 0 Å². The maximum atomic E-state index is 12.1. The molecule has 17 heavy (non-hydrogen) atoms. The molecule has 0 saturated carbocycles. The van der Waals surface area contributed by atoms with E-state index in [9.17, 15) is 4.79 Å². The largest absolute Gasteiger partial charge is 0.332 e. The van der Waals surface area contributed by atoms with Gasteiger partial charge in [-0.25, -0.2) is 0 Å². The molecule has 88 valence electrons. The Kier molecular flexibility index (Phi) is 3.08. The first-order valence-electron chi connectivity index (χ1n) is 5.10. The van der Waals surface area contributed by atoms with E-state index >= 15 is 0 Å². The molecule has 2 aromatic heterocycles. The van der Waals surface area contributed by atoms with E-state index in [1.165, 1.54) is 6.20 Å². The first-order chi connectivity index (χ1) is 8.20. The van der Waals surface area contributed by atoms with Crippen LogP contribution in [0, 0.1) is 0 Å².